The van der Waals surface area contributed by atoms with Gasteiger partial charge >= 0.3 is 0 Å². The van der Waals surface area contributed by atoms with Crippen molar-refractivity contribution in [3.05, 3.63) is 28.8 Å². The summed E-state index contributed by atoms with van der Waals surface area (Å²) in [5.74, 6) is 0. The van der Waals surface area contributed by atoms with Crippen molar-refractivity contribution >= 4 is 17.3 Å². The third kappa shape index (κ3) is 1.64. The normalized spacial score (nSPS) is 19.7. The van der Waals surface area contributed by atoms with Crippen LogP contribution in [0.2, 0.25) is 5.02 Å². The average molecular weight is 198 g/mol. The number of aliphatic hydroxyl groups excluding tert-OH is 1. The van der Waals surface area contributed by atoms with Gasteiger partial charge in [0.15, 0.2) is 0 Å². The number of aliphatic hydroxyl groups is 1. The lowest BCUT2D eigenvalue weighted by molar-refractivity contribution is 0.280. The number of benzene rings is 1. The van der Waals surface area contributed by atoms with Gasteiger partial charge in [0.1, 0.15) is 0 Å². The summed E-state index contributed by atoms with van der Waals surface area (Å²) in [5, 5.41) is 13.0. The molecule has 0 spiro atoms. The quantitative estimate of drug-likeness (QED) is 0.761. The van der Waals surface area contributed by atoms with E-state index >= 15 is 0 Å². The number of hydrogen-bond acceptors (Lipinski definition) is 2. The zero-order valence-corrected chi connectivity index (χ0v) is 8.01. The maximum atomic E-state index is 8.80. The van der Waals surface area contributed by atoms with E-state index in [1.165, 1.54) is 5.56 Å². The van der Waals surface area contributed by atoms with Crippen molar-refractivity contribution in [1.29, 1.82) is 0 Å². The first kappa shape index (κ1) is 8.85. The van der Waals surface area contributed by atoms with Gasteiger partial charge in [-0.1, -0.05) is 17.7 Å². The Labute approximate surface area is 82.5 Å². The number of fused-ring (bicyclic) bond motifs is 1. The minimum Gasteiger partial charge on any atom is -0.396 e. The van der Waals surface area contributed by atoms with Crippen LogP contribution in [-0.4, -0.2) is 17.8 Å². The third-order valence-corrected chi connectivity index (χ3v) is 2.76. The molecule has 0 aliphatic carbocycles. The molecule has 1 aliphatic heterocycles. The fourth-order valence-corrected chi connectivity index (χ4v) is 2.00. The zero-order chi connectivity index (χ0) is 9.26. The van der Waals surface area contributed by atoms with Crippen molar-refractivity contribution < 1.29 is 5.11 Å². The van der Waals surface area contributed by atoms with Crippen LogP contribution in [0.15, 0.2) is 18.2 Å². The Morgan fingerprint density at radius 2 is 2.38 bits per heavy atom. The van der Waals surface area contributed by atoms with Crippen LogP contribution in [0.4, 0.5) is 5.69 Å². The standard InChI is InChI=1S/C10H12ClNO/c11-9-2-1-3-10-8(9)6-7(12-10)4-5-13/h1-3,7,12-13H,4-6H2. The van der Waals surface area contributed by atoms with Gasteiger partial charge < -0.3 is 10.4 Å². The van der Waals surface area contributed by atoms with E-state index in [1.807, 2.05) is 18.2 Å². The van der Waals surface area contributed by atoms with E-state index in [2.05, 4.69) is 5.32 Å². The number of anilines is 1. The highest BCUT2D eigenvalue weighted by molar-refractivity contribution is 6.31. The number of nitrogens with one attached hydrogen (secondary N) is 1. The van der Waals surface area contributed by atoms with Crippen LogP contribution in [0.5, 0.6) is 0 Å². The van der Waals surface area contributed by atoms with Crippen molar-refractivity contribution in [3.63, 3.8) is 0 Å². The van der Waals surface area contributed by atoms with E-state index in [-0.39, 0.29) is 6.61 Å². The molecule has 2 rings (SSSR count). The predicted molar refractivity (Wildman–Crippen MR) is 54.3 cm³/mol. The van der Waals surface area contributed by atoms with Gasteiger partial charge in [-0.2, -0.15) is 0 Å². The molecule has 0 amide bonds. The fourth-order valence-electron chi connectivity index (χ4n) is 1.75. The molecule has 2 N–H and O–H groups in total. The number of rotatable bonds is 2. The van der Waals surface area contributed by atoms with E-state index < -0.39 is 0 Å². The summed E-state index contributed by atoms with van der Waals surface area (Å²) in [6, 6.07) is 6.22. The lowest BCUT2D eigenvalue weighted by Crippen LogP contribution is -2.16. The summed E-state index contributed by atoms with van der Waals surface area (Å²) < 4.78 is 0. The second-order valence-corrected chi connectivity index (χ2v) is 3.73. The molecule has 0 saturated carbocycles. The van der Waals surface area contributed by atoms with Gasteiger partial charge in [-0.05, 0) is 30.5 Å². The van der Waals surface area contributed by atoms with Crippen molar-refractivity contribution in [1.82, 2.24) is 0 Å². The average Bonchev–Trinajstić information content (AvgIpc) is 2.49. The van der Waals surface area contributed by atoms with Crippen molar-refractivity contribution in [3.8, 4) is 0 Å². The summed E-state index contributed by atoms with van der Waals surface area (Å²) in [7, 11) is 0. The molecule has 0 bridgehead atoms. The lowest BCUT2D eigenvalue weighted by atomic mass is 10.1. The molecule has 3 heteroatoms. The minimum absolute atomic E-state index is 0.225. The SMILES string of the molecule is OCCC1Cc2c(Cl)cccc2N1. The van der Waals surface area contributed by atoms with Crippen LogP contribution >= 0.6 is 11.6 Å². The molecule has 2 nitrogen and oxygen atoms in total. The molecule has 1 unspecified atom stereocenters. The molecule has 0 aromatic heterocycles. The van der Waals surface area contributed by atoms with Crippen molar-refractivity contribution in [2.75, 3.05) is 11.9 Å². The van der Waals surface area contributed by atoms with E-state index in [9.17, 15) is 0 Å². The Kier molecular flexibility index (Phi) is 2.42. The van der Waals surface area contributed by atoms with Crippen LogP contribution in [0.3, 0.4) is 0 Å². The van der Waals surface area contributed by atoms with E-state index in [4.69, 9.17) is 16.7 Å². The monoisotopic (exact) mass is 197 g/mol. The molecular weight excluding hydrogens is 186 g/mol. The Bertz CT molecular complexity index is 314. The van der Waals surface area contributed by atoms with Crippen LogP contribution in [-0.2, 0) is 6.42 Å². The van der Waals surface area contributed by atoms with E-state index in [1.54, 1.807) is 0 Å². The molecule has 0 radical (unpaired) electrons. The molecule has 1 aliphatic rings. The maximum absolute atomic E-state index is 8.80. The summed E-state index contributed by atoms with van der Waals surface area (Å²) in [6.07, 6.45) is 1.71. The second-order valence-electron chi connectivity index (χ2n) is 3.32. The second kappa shape index (κ2) is 3.56. The topological polar surface area (TPSA) is 32.3 Å². The molecule has 1 aromatic carbocycles. The summed E-state index contributed by atoms with van der Waals surface area (Å²) in [5.41, 5.74) is 2.30. The smallest absolute Gasteiger partial charge is 0.0459 e. The van der Waals surface area contributed by atoms with Gasteiger partial charge in [0.05, 0.1) is 0 Å². The molecule has 0 fully saturated rings. The lowest BCUT2D eigenvalue weighted by Gasteiger charge is -2.07. The Morgan fingerprint density at radius 3 is 3.08 bits per heavy atom. The summed E-state index contributed by atoms with van der Waals surface area (Å²) in [4.78, 5) is 0. The summed E-state index contributed by atoms with van der Waals surface area (Å²) >= 11 is 6.03. The first-order chi connectivity index (χ1) is 6.31. The predicted octanol–water partition coefficient (Wildman–Crippen LogP) is 2.06. The largest absolute Gasteiger partial charge is 0.396 e. The van der Waals surface area contributed by atoms with Gasteiger partial charge in [0, 0.05) is 23.4 Å². The first-order valence-electron chi connectivity index (χ1n) is 4.46. The highest BCUT2D eigenvalue weighted by Gasteiger charge is 2.21. The molecule has 1 aromatic rings. The van der Waals surface area contributed by atoms with Crippen LogP contribution in [0, 0.1) is 0 Å². The van der Waals surface area contributed by atoms with Gasteiger partial charge in [-0.15, -0.1) is 0 Å². The highest BCUT2D eigenvalue weighted by Crippen LogP contribution is 2.32. The van der Waals surface area contributed by atoms with Gasteiger partial charge in [-0.3, -0.25) is 0 Å². The Hall–Kier alpha value is -0.730. The fraction of sp³-hybridized carbons (Fsp3) is 0.400. The molecule has 0 saturated heterocycles. The number of halogens is 1. The van der Waals surface area contributed by atoms with Crippen LogP contribution in [0.25, 0.3) is 0 Å². The Balaban J connectivity index is 2.20. The van der Waals surface area contributed by atoms with Gasteiger partial charge in [0.2, 0.25) is 0 Å². The number of hydrogen-bond donors (Lipinski definition) is 2. The molecule has 1 atom stereocenters. The Morgan fingerprint density at radius 1 is 1.54 bits per heavy atom. The molecule has 13 heavy (non-hydrogen) atoms. The summed E-state index contributed by atoms with van der Waals surface area (Å²) in [6.45, 7) is 0.225. The molecular formula is C10H12ClNO. The van der Waals surface area contributed by atoms with Crippen LogP contribution in [0.1, 0.15) is 12.0 Å². The highest BCUT2D eigenvalue weighted by atomic mass is 35.5. The van der Waals surface area contributed by atoms with Crippen molar-refractivity contribution in [2.24, 2.45) is 0 Å². The zero-order valence-electron chi connectivity index (χ0n) is 7.26. The maximum Gasteiger partial charge on any atom is 0.0459 e. The minimum atomic E-state index is 0.225. The first-order valence-corrected chi connectivity index (χ1v) is 4.84. The van der Waals surface area contributed by atoms with Gasteiger partial charge in [-0.25, -0.2) is 0 Å². The van der Waals surface area contributed by atoms with Crippen molar-refractivity contribution in [2.45, 2.75) is 18.9 Å². The third-order valence-electron chi connectivity index (χ3n) is 2.41. The van der Waals surface area contributed by atoms with Gasteiger partial charge in [0.25, 0.3) is 0 Å². The van der Waals surface area contributed by atoms with E-state index in [0.717, 1.165) is 23.6 Å². The molecule has 70 valence electrons. The van der Waals surface area contributed by atoms with Crippen LogP contribution < -0.4 is 5.32 Å². The molecule has 1 heterocycles. The van der Waals surface area contributed by atoms with E-state index in [0.29, 0.717) is 6.04 Å².